The van der Waals surface area contributed by atoms with Crippen LogP contribution < -0.4 is 10.1 Å². The molecule has 0 fully saturated rings. The molecule has 0 aliphatic rings. The van der Waals surface area contributed by atoms with Gasteiger partial charge < -0.3 is 19.9 Å². The number of aromatic hydroxyl groups is 1. The largest absolute Gasteiger partial charge is 0.503 e. The summed E-state index contributed by atoms with van der Waals surface area (Å²) in [6.07, 6.45) is 0.961. The number of aryl methyl sites for hydroxylation is 1. The number of benzene rings is 1. The van der Waals surface area contributed by atoms with Crippen LogP contribution in [0.1, 0.15) is 55.2 Å². The minimum atomic E-state index is -0.892. The van der Waals surface area contributed by atoms with E-state index in [1.807, 2.05) is 45.0 Å². The Bertz CT molecular complexity index is 897. The lowest BCUT2D eigenvalue weighted by Gasteiger charge is -2.26. The van der Waals surface area contributed by atoms with E-state index in [1.54, 1.807) is 13.8 Å². The molecular weight excluding hydrogens is 384 g/mol. The van der Waals surface area contributed by atoms with E-state index in [1.165, 1.54) is 19.4 Å². The van der Waals surface area contributed by atoms with Gasteiger partial charge in [0.15, 0.2) is 17.2 Å². The number of methoxy groups -OCH3 is 1. The van der Waals surface area contributed by atoms with E-state index in [2.05, 4.69) is 10.3 Å². The van der Waals surface area contributed by atoms with Crippen molar-refractivity contribution in [1.29, 1.82) is 0 Å². The molecule has 162 valence electrons. The van der Waals surface area contributed by atoms with Crippen molar-refractivity contribution in [3.63, 3.8) is 0 Å². The van der Waals surface area contributed by atoms with Gasteiger partial charge in [-0.25, -0.2) is 9.78 Å². The van der Waals surface area contributed by atoms with E-state index >= 15 is 0 Å². The van der Waals surface area contributed by atoms with Gasteiger partial charge in [-0.2, -0.15) is 0 Å². The molecule has 0 saturated heterocycles. The molecule has 1 amide bonds. The molecule has 2 rings (SSSR count). The van der Waals surface area contributed by atoms with E-state index in [4.69, 9.17) is 9.47 Å². The number of hydrogen-bond donors (Lipinski definition) is 2. The van der Waals surface area contributed by atoms with E-state index in [0.29, 0.717) is 0 Å². The van der Waals surface area contributed by atoms with Gasteiger partial charge in [0.05, 0.1) is 7.11 Å². The zero-order valence-corrected chi connectivity index (χ0v) is 18.3. The highest BCUT2D eigenvalue weighted by atomic mass is 16.5. The third-order valence-electron chi connectivity index (χ3n) is 5.21. The van der Waals surface area contributed by atoms with Gasteiger partial charge in [0.25, 0.3) is 5.91 Å². The van der Waals surface area contributed by atoms with Crippen LogP contribution in [0.3, 0.4) is 0 Å². The predicted molar refractivity (Wildman–Crippen MR) is 114 cm³/mol. The van der Waals surface area contributed by atoms with Gasteiger partial charge in [-0.05, 0) is 30.9 Å². The van der Waals surface area contributed by atoms with Gasteiger partial charge in [0.1, 0.15) is 12.1 Å². The number of esters is 1. The molecule has 0 bridgehead atoms. The Kier molecular flexibility index (Phi) is 7.80. The Morgan fingerprint density at radius 2 is 1.77 bits per heavy atom. The van der Waals surface area contributed by atoms with Crippen molar-refractivity contribution < 1.29 is 24.2 Å². The summed E-state index contributed by atoms with van der Waals surface area (Å²) in [6.45, 7) is 9.47. The average molecular weight is 415 g/mol. The molecule has 0 saturated carbocycles. The Labute approximate surface area is 177 Å². The molecule has 1 heterocycles. The van der Waals surface area contributed by atoms with Gasteiger partial charge >= 0.3 is 5.97 Å². The maximum atomic E-state index is 12.8. The number of aromatic nitrogens is 1. The summed E-state index contributed by atoms with van der Waals surface area (Å²) in [7, 11) is 1.38. The third-order valence-corrected chi connectivity index (χ3v) is 5.21. The molecule has 0 unspecified atom stereocenters. The first-order valence-electron chi connectivity index (χ1n) is 9.96. The summed E-state index contributed by atoms with van der Waals surface area (Å²) in [4.78, 5) is 29.4. The van der Waals surface area contributed by atoms with Gasteiger partial charge in [-0.3, -0.25) is 4.79 Å². The van der Waals surface area contributed by atoms with Crippen molar-refractivity contribution in [3.05, 3.63) is 53.3 Å². The van der Waals surface area contributed by atoms with Crippen LogP contribution in [0, 0.1) is 12.8 Å². The highest BCUT2D eigenvalue weighted by Gasteiger charge is 2.30. The quantitative estimate of drug-likeness (QED) is 0.641. The molecule has 2 aromatic rings. The second kappa shape index (κ2) is 10.1. The summed E-state index contributed by atoms with van der Waals surface area (Å²) in [6, 6.07) is 8.51. The molecule has 7 nitrogen and oxygen atoms in total. The standard InChI is InChI=1S/C23H30N2O5/c1-13(2)19(25-22(27)20-21(26)18(29-6)11-12-24-20)23(28)30-16(5)15(4)17-10-8-7-9-14(17)3/h7-13,15-16,19,26H,1-6H3,(H,25,27)/t15-,16-,19+/m1/s1. The summed E-state index contributed by atoms with van der Waals surface area (Å²) in [5.41, 5.74) is 2.02. The van der Waals surface area contributed by atoms with Crippen molar-refractivity contribution in [2.45, 2.75) is 52.7 Å². The zero-order valence-electron chi connectivity index (χ0n) is 18.3. The monoisotopic (exact) mass is 414 g/mol. The van der Waals surface area contributed by atoms with Crippen LogP contribution in [0.2, 0.25) is 0 Å². The number of pyridine rings is 1. The second-order valence-electron chi connectivity index (χ2n) is 7.69. The highest BCUT2D eigenvalue weighted by molar-refractivity contribution is 5.98. The van der Waals surface area contributed by atoms with E-state index in [-0.39, 0.29) is 35.1 Å². The third kappa shape index (κ3) is 5.28. The Hall–Kier alpha value is -3.09. The molecule has 30 heavy (non-hydrogen) atoms. The molecule has 3 atom stereocenters. The number of amides is 1. The molecule has 7 heteroatoms. The summed E-state index contributed by atoms with van der Waals surface area (Å²) in [5.74, 6) is -1.71. The maximum absolute atomic E-state index is 12.8. The number of rotatable bonds is 8. The molecule has 1 aromatic heterocycles. The van der Waals surface area contributed by atoms with Crippen molar-refractivity contribution in [2.24, 2.45) is 5.92 Å². The summed E-state index contributed by atoms with van der Waals surface area (Å²) >= 11 is 0. The van der Waals surface area contributed by atoms with Crippen molar-refractivity contribution in [2.75, 3.05) is 7.11 Å². The summed E-state index contributed by atoms with van der Waals surface area (Å²) in [5, 5.41) is 12.8. The van der Waals surface area contributed by atoms with Crippen LogP contribution in [-0.4, -0.2) is 41.2 Å². The van der Waals surface area contributed by atoms with Crippen LogP contribution >= 0.6 is 0 Å². The van der Waals surface area contributed by atoms with Crippen LogP contribution in [0.4, 0.5) is 0 Å². The number of hydrogen-bond acceptors (Lipinski definition) is 6. The topological polar surface area (TPSA) is 97.8 Å². The van der Waals surface area contributed by atoms with E-state index in [9.17, 15) is 14.7 Å². The van der Waals surface area contributed by atoms with Crippen LogP contribution in [0.5, 0.6) is 11.5 Å². The minimum absolute atomic E-state index is 0.0113. The molecule has 0 spiro atoms. The van der Waals surface area contributed by atoms with Gasteiger partial charge in [0.2, 0.25) is 0 Å². The van der Waals surface area contributed by atoms with Crippen LogP contribution in [-0.2, 0) is 9.53 Å². The van der Waals surface area contributed by atoms with E-state index < -0.39 is 17.9 Å². The highest BCUT2D eigenvalue weighted by Crippen LogP contribution is 2.28. The fourth-order valence-corrected chi connectivity index (χ4v) is 3.18. The summed E-state index contributed by atoms with van der Waals surface area (Å²) < 4.78 is 10.7. The first kappa shape index (κ1) is 23.2. The molecule has 0 aliphatic heterocycles. The molecular formula is C23H30N2O5. The first-order chi connectivity index (χ1) is 14.2. The zero-order chi connectivity index (χ0) is 22.4. The lowest BCUT2D eigenvalue weighted by Crippen LogP contribution is -2.46. The van der Waals surface area contributed by atoms with Gasteiger partial charge in [-0.15, -0.1) is 0 Å². The van der Waals surface area contributed by atoms with E-state index in [0.717, 1.165) is 11.1 Å². The minimum Gasteiger partial charge on any atom is -0.503 e. The SMILES string of the molecule is COc1ccnc(C(=O)N[C@H](C(=O)O[C@H](C)[C@@H](C)c2ccccc2C)C(C)C)c1O. The second-order valence-corrected chi connectivity index (χ2v) is 7.69. The van der Waals surface area contributed by atoms with Crippen molar-refractivity contribution in [3.8, 4) is 11.5 Å². The smallest absolute Gasteiger partial charge is 0.329 e. The van der Waals surface area contributed by atoms with Gasteiger partial charge in [-0.1, -0.05) is 45.0 Å². The fraction of sp³-hybridized carbons (Fsp3) is 0.435. The number of carbonyl (C=O) groups is 2. The number of ether oxygens (including phenoxy) is 2. The lowest BCUT2D eigenvalue weighted by molar-refractivity contribution is -0.152. The Morgan fingerprint density at radius 3 is 2.37 bits per heavy atom. The van der Waals surface area contributed by atoms with Crippen LogP contribution in [0.15, 0.2) is 36.5 Å². The van der Waals surface area contributed by atoms with Crippen molar-refractivity contribution >= 4 is 11.9 Å². The normalized spacial score (nSPS) is 14.0. The fourth-order valence-electron chi connectivity index (χ4n) is 3.18. The molecule has 2 N–H and O–H groups in total. The number of carbonyl (C=O) groups excluding carboxylic acids is 2. The number of nitrogens with zero attached hydrogens (tertiary/aromatic N) is 1. The Morgan fingerprint density at radius 1 is 1.10 bits per heavy atom. The molecule has 1 aromatic carbocycles. The van der Waals surface area contributed by atoms with Gasteiger partial charge in [0, 0.05) is 18.2 Å². The predicted octanol–water partition coefficient (Wildman–Crippen LogP) is 3.59. The molecule has 0 radical (unpaired) electrons. The molecule has 0 aliphatic carbocycles. The first-order valence-corrected chi connectivity index (χ1v) is 9.96. The van der Waals surface area contributed by atoms with Crippen LogP contribution in [0.25, 0.3) is 0 Å². The lowest BCUT2D eigenvalue weighted by atomic mass is 9.92. The Balaban J connectivity index is 2.13. The number of nitrogens with one attached hydrogen (secondary N) is 1. The average Bonchev–Trinajstić information content (AvgIpc) is 2.71. The van der Waals surface area contributed by atoms with Crippen molar-refractivity contribution in [1.82, 2.24) is 10.3 Å². The maximum Gasteiger partial charge on any atom is 0.329 e.